The number of aryl methyl sites for hydroxylation is 3. The van der Waals surface area contributed by atoms with Crippen molar-refractivity contribution in [2.24, 2.45) is 0 Å². The molecule has 39 heavy (non-hydrogen) atoms. The van der Waals surface area contributed by atoms with Crippen LogP contribution in [-0.2, 0) is 0 Å². The van der Waals surface area contributed by atoms with Crippen LogP contribution in [0.3, 0.4) is 0 Å². The van der Waals surface area contributed by atoms with E-state index in [-0.39, 0.29) is 23.0 Å². The highest BCUT2D eigenvalue weighted by molar-refractivity contribution is 7.99. The van der Waals surface area contributed by atoms with Crippen LogP contribution in [-0.4, -0.2) is 38.5 Å². The number of amides is 1. The first-order valence-corrected chi connectivity index (χ1v) is 13.9. The number of hydrogen-bond donors (Lipinski definition) is 2. The van der Waals surface area contributed by atoms with Crippen molar-refractivity contribution in [2.75, 3.05) is 12.3 Å². The molecule has 0 spiro atoms. The number of carbonyl (C=O) groups excluding carboxylic acids is 2. The van der Waals surface area contributed by atoms with Gasteiger partial charge in [0.2, 0.25) is 0 Å². The molecule has 198 valence electrons. The highest BCUT2D eigenvalue weighted by atomic mass is 32.2. The zero-order valence-electron chi connectivity index (χ0n) is 22.4. The van der Waals surface area contributed by atoms with Crippen molar-refractivity contribution in [3.8, 4) is 5.69 Å². The minimum Gasteiger partial charge on any atom is -0.358 e. The lowest BCUT2D eigenvalue weighted by Gasteiger charge is -2.15. The molecule has 0 fully saturated rings. The lowest BCUT2D eigenvalue weighted by molar-refractivity contribution is 0.0952. The number of hydrogen-bond acceptors (Lipinski definition) is 5. The highest BCUT2D eigenvalue weighted by Gasteiger charge is 2.20. The van der Waals surface area contributed by atoms with Crippen molar-refractivity contribution in [3.05, 3.63) is 99.0 Å². The second-order valence-electron chi connectivity index (χ2n) is 9.75. The van der Waals surface area contributed by atoms with Crippen molar-refractivity contribution >= 4 is 45.3 Å². The molecule has 0 aliphatic heterocycles. The van der Waals surface area contributed by atoms with E-state index in [1.807, 2.05) is 70.2 Å². The second kappa shape index (κ2) is 10.9. The van der Waals surface area contributed by atoms with Gasteiger partial charge in [0, 0.05) is 34.3 Å². The lowest BCUT2D eigenvalue weighted by Crippen LogP contribution is -2.25. The number of nitrogens with one attached hydrogen (secondary N) is 2. The van der Waals surface area contributed by atoms with Gasteiger partial charge in [-0.05, 0) is 74.7 Å². The smallest absolute Gasteiger partial charge is 0.266 e. The average Bonchev–Trinajstić information content (AvgIpc) is 3.25. The Balaban J connectivity index is 1.60. The summed E-state index contributed by atoms with van der Waals surface area (Å²) in [6.07, 6.45) is 0.822. The van der Waals surface area contributed by atoms with E-state index in [0.717, 1.165) is 34.1 Å². The third-order valence-corrected chi connectivity index (χ3v) is 7.54. The Kier molecular flexibility index (Phi) is 7.39. The molecule has 7 nitrogen and oxygen atoms in total. The number of ketones is 1. The monoisotopic (exact) mass is 538 g/mol. The predicted octanol–water partition coefficient (Wildman–Crippen LogP) is 5.91. The van der Waals surface area contributed by atoms with Crippen molar-refractivity contribution in [1.29, 1.82) is 0 Å². The fourth-order valence-corrected chi connectivity index (χ4v) is 5.77. The van der Waals surface area contributed by atoms with Gasteiger partial charge in [0.15, 0.2) is 10.9 Å². The Labute approximate surface area is 230 Å². The molecule has 0 unspecified atom stereocenters. The molecule has 0 bridgehead atoms. The fourth-order valence-electron chi connectivity index (χ4n) is 4.89. The van der Waals surface area contributed by atoms with Crippen LogP contribution in [0.25, 0.3) is 27.5 Å². The average molecular weight is 539 g/mol. The number of aromatic amines is 1. The molecule has 0 saturated heterocycles. The van der Waals surface area contributed by atoms with Gasteiger partial charge in [0.25, 0.3) is 11.5 Å². The number of rotatable bonds is 8. The number of fused-ring (bicyclic) bond motifs is 2. The molecule has 5 rings (SSSR count). The maximum absolute atomic E-state index is 13.8. The Hall–Kier alpha value is -4.17. The van der Waals surface area contributed by atoms with Crippen molar-refractivity contribution < 1.29 is 9.59 Å². The van der Waals surface area contributed by atoms with Crippen LogP contribution in [0.15, 0.2) is 70.6 Å². The van der Waals surface area contributed by atoms with Crippen molar-refractivity contribution in [1.82, 2.24) is 19.9 Å². The van der Waals surface area contributed by atoms with Gasteiger partial charge in [0.1, 0.15) is 0 Å². The van der Waals surface area contributed by atoms with E-state index in [1.54, 1.807) is 22.8 Å². The summed E-state index contributed by atoms with van der Waals surface area (Å²) in [6.45, 7) is 8.40. The normalized spacial score (nSPS) is 11.3. The van der Waals surface area contributed by atoms with Crippen LogP contribution in [0, 0.1) is 20.8 Å². The molecule has 1 amide bonds. The summed E-state index contributed by atoms with van der Waals surface area (Å²) < 4.78 is 1.57. The van der Waals surface area contributed by atoms with Crippen LogP contribution in [0.4, 0.5) is 0 Å². The van der Waals surface area contributed by atoms with Gasteiger partial charge in [-0.1, -0.05) is 43.0 Å². The van der Waals surface area contributed by atoms with Gasteiger partial charge >= 0.3 is 0 Å². The molecule has 2 aromatic heterocycles. The molecule has 2 N–H and O–H groups in total. The van der Waals surface area contributed by atoms with Gasteiger partial charge in [0.05, 0.1) is 22.3 Å². The molecule has 5 aromatic rings. The van der Waals surface area contributed by atoms with E-state index >= 15 is 0 Å². The van der Waals surface area contributed by atoms with Crippen LogP contribution < -0.4 is 10.9 Å². The zero-order valence-corrected chi connectivity index (χ0v) is 23.2. The molecule has 3 aromatic carbocycles. The van der Waals surface area contributed by atoms with Gasteiger partial charge in [-0.2, -0.15) is 0 Å². The quantitative estimate of drug-likeness (QED) is 0.146. The number of thioether (sulfide) groups is 1. The van der Waals surface area contributed by atoms with Crippen molar-refractivity contribution in [2.45, 2.75) is 39.3 Å². The first-order chi connectivity index (χ1) is 18.8. The van der Waals surface area contributed by atoms with E-state index in [0.29, 0.717) is 39.4 Å². The Morgan fingerprint density at radius 3 is 2.46 bits per heavy atom. The summed E-state index contributed by atoms with van der Waals surface area (Å²) in [7, 11) is 0. The molecule has 0 radical (unpaired) electrons. The summed E-state index contributed by atoms with van der Waals surface area (Å²) in [5.41, 5.74) is 5.70. The third-order valence-electron chi connectivity index (χ3n) is 6.61. The predicted molar refractivity (Wildman–Crippen MR) is 158 cm³/mol. The minimum absolute atomic E-state index is 0.0519. The first-order valence-electron chi connectivity index (χ1n) is 12.9. The molecule has 0 saturated carbocycles. The van der Waals surface area contributed by atoms with Gasteiger partial charge in [-0.25, -0.2) is 4.98 Å². The molecule has 0 atom stereocenters. The largest absolute Gasteiger partial charge is 0.358 e. The minimum atomic E-state index is -0.247. The molecule has 0 aliphatic rings. The van der Waals surface area contributed by atoms with E-state index in [2.05, 4.69) is 10.3 Å². The van der Waals surface area contributed by atoms with E-state index < -0.39 is 0 Å². The highest BCUT2D eigenvalue weighted by Crippen LogP contribution is 2.27. The summed E-state index contributed by atoms with van der Waals surface area (Å²) in [4.78, 5) is 48.0. The summed E-state index contributed by atoms with van der Waals surface area (Å²) in [6, 6.07) is 18.6. The van der Waals surface area contributed by atoms with E-state index in [1.165, 1.54) is 11.8 Å². The number of nitrogens with zero attached hydrogens (tertiary/aromatic N) is 2. The van der Waals surface area contributed by atoms with E-state index in [4.69, 9.17) is 4.98 Å². The summed E-state index contributed by atoms with van der Waals surface area (Å²) in [5.74, 6) is -0.163. The topological polar surface area (TPSA) is 96.9 Å². The molecule has 8 heteroatoms. The third kappa shape index (κ3) is 5.25. The molecular weight excluding hydrogens is 508 g/mol. The number of para-hydroxylation sites is 1. The maximum Gasteiger partial charge on any atom is 0.266 e. The Morgan fingerprint density at radius 1 is 0.974 bits per heavy atom. The van der Waals surface area contributed by atoms with Crippen LogP contribution in [0.1, 0.15) is 50.9 Å². The zero-order chi connectivity index (χ0) is 27.7. The first kappa shape index (κ1) is 26.4. The number of benzene rings is 3. The van der Waals surface area contributed by atoms with Crippen LogP contribution in [0.5, 0.6) is 0 Å². The molecule has 0 aliphatic carbocycles. The van der Waals surface area contributed by atoms with Crippen LogP contribution >= 0.6 is 11.8 Å². The number of aromatic nitrogens is 3. The number of H-pyrrole nitrogens is 1. The lowest BCUT2D eigenvalue weighted by atomic mass is 10.1. The SMILES string of the molecule is CCCNC(=O)c1ccc2c(=O)n(-c3cc(C)cc(C)c3)c(SCC(=O)c3c(C)[nH]c4ccccc34)nc2c1. The second-order valence-corrected chi connectivity index (χ2v) is 10.7. The molecule has 2 heterocycles. The van der Waals surface area contributed by atoms with Gasteiger partial charge < -0.3 is 10.3 Å². The van der Waals surface area contributed by atoms with Crippen molar-refractivity contribution in [3.63, 3.8) is 0 Å². The van der Waals surface area contributed by atoms with Gasteiger partial charge in [-0.15, -0.1) is 0 Å². The van der Waals surface area contributed by atoms with E-state index in [9.17, 15) is 14.4 Å². The molecular formula is C31H30N4O3S. The van der Waals surface area contributed by atoms with Crippen LogP contribution in [0.2, 0.25) is 0 Å². The fraction of sp³-hybridized carbons (Fsp3) is 0.226. The summed E-state index contributed by atoms with van der Waals surface area (Å²) in [5, 5.41) is 4.55. The Bertz CT molecular complexity index is 1780. The van der Waals surface area contributed by atoms with Gasteiger partial charge in [-0.3, -0.25) is 19.0 Å². The Morgan fingerprint density at radius 2 is 1.72 bits per heavy atom. The number of Topliss-reactive ketones (excluding diaryl/α,β-unsaturated/α-hetero) is 1. The number of carbonyl (C=O) groups is 2. The summed E-state index contributed by atoms with van der Waals surface area (Å²) >= 11 is 1.22. The standard InChI is InChI=1S/C31H30N4O3S/c1-5-12-32-29(37)21-10-11-24-26(16-21)34-31(35(30(24)38)22-14-18(2)13-19(3)15-22)39-17-27(36)28-20(4)33-25-9-7-6-8-23(25)28/h6-11,13-16,33H,5,12,17H2,1-4H3,(H,32,37). The maximum atomic E-state index is 13.8.